The second-order valence-electron chi connectivity index (χ2n) is 7.56. The van der Waals surface area contributed by atoms with Crippen molar-refractivity contribution in [2.24, 2.45) is 10.8 Å². The van der Waals surface area contributed by atoms with Gasteiger partial charge in [0.25, 0.3) is 0 Å². The van der Waals surface area contributed by atoms with E-state index in [9.17, 15) is 20.4 Å². The van der Waals surface area contributed by atoms with E-state index in [1.54, 1.807) is 24.3 Å². The molecule has 0 aromatic heterocycles. The molecule has 0 aliphatic heterocycles. The van der Waals surface area contributed by atoms with Crippen LogP contribution < -0.4 is 0 Å². The third-order valence-electron chi connectivity index (χ3n) is 6.00. The number of phenols is 4. The molecule has 2 fully saturated rings. The van der Waals surface area contributed by atoms with Crippen molar-refractivity contribution in [3.8, 4) is 23.0 Å². The van der Waals surface area contributed by atoms with Crippen LogP contribution in [0.4, 0.5) is 0 Å². The minimum Gasteiger partial charge on any atom is -0.504 e. The Labute approximate surface area is 141 Å². The first kappa shape index (κ1) is 15.2. The Hall–Kier alpha value is -2.36. The zero-order valence-electron chi connectivity index (χ0n) is 13.5. The second kappa shape index (κ2) is 5.07. The van der Waals surface area contributed by atoms with Crippen LogP contribution in [0.15, 0.2) is 36.4 Å². The van der Waals surface area contributed by atoms with Crippen molar-refractivity contribution < 1.29 is 20.4 Å². The summed E-state index contributed by atoms with van der Waals surface area (Å²) in [6.07, 6.45) is 6.53. The molecule has 0 heterocycles. The van der Waals surface area contributed by atoms with E-state index < -0.39 is 0 Å². The fraction of sp³-hybridized carbons (Fsp3) is 0.400. The minimum atomic E-state index is -0.0794. The highest BCUT2D eigenvalue weighted by Gasteiger charge is 2.64. The summed E-state index contributed by atoms with van der Waals surface area (Å²) in [7, 11) is 0. The second-order valence-corrected chi connectivity index (χ2v) is 7.56. The summed E-state index contributed by atoms with van der Waals surface area (Å²) >= 11 is 0. The predicted octanol–water partition coefficient (Wildman–Crippen LogP) is 3.85. The lowest BCUT2D eigenvalue weighted by Gasteiger charge is -2.27. The smallest absolute Gasteiger partial charge is 0.157 e. The van der Waals surface area contributed by atoms with Crippen LogP contribution in [0, 0.1) is 10.8 Å². The molecule has 0 amide bonds. The van der Waals surface area contributed by atoms with Gasteiger partial charge in [0.2, 0.25) is 0 Å². The lowest BCUT2D eigenvalue weighted by molar-refractivity contribution is 0.274. The summed E-state index contributed by atoms with van der Waals surface area (Å²) < 4.78 is 0. The molecule has 2 aliphatic rings. The molecule has 0 spiro atoms. The van der Waals surface area contributed by atoms with Gasteiger partial charge in [0.1, 0.15) is 0 Å². The van der Waals surface area contributed by atoms with Crippen LogP contribution in [0.2, 0.25) is 0 Å². The Kier molecular flexibility index (Phi) is 3.21. The number of benzene rings is 2. The van der Waals surface area contributed by atoms with Gasteiger partial charge in [-0.3, -0.25) is 0 Å². The fourth-order valence-corrected chi connectivity index (χ4v) is 4.23. The minimum absolute atomic E-state index is 0.0587. The SMILES string of the molecule is Oc1ccc(CC2(C3(Cc4ccc(O)c(O)c4)CC3)CC2)cc1O. The van der Waals surface area contributed by atoms with E-state index in [2.05, 4.69) is 0 Å². The molecule has 0 unspecified atom stereocenters. The van der Waals surface area contributed by atoms with Crippen molar-refractivity contribution in [1.29, 1.82) is 0 Å². The molecule has 4 N–H and O–H groups in total. The third kappa shape index (κ3) is 2.46. The van der Waals surface area contributed by atoms with E-state index >= 15 is 0 Å². The largest absolute Gasteiger partial charge is 0.504 e. The van der Waals surface area contributed by atoms with E-state index in [4.69, 9.17) is 0 Å². The van der Waals surface area contributed by atoms with E-state index in [1.165, 1.54) is 25.7 Å². The molecule has 2 aromatic rings. The van der Waals surface area contributed by atoms with E-state index in [1.807, 2.05) is 12.1 Å². The van der Waals surface area contributed by atoms with Crippen LogP contribution in [0.1, 0.15) is 36.8 Å². The van der Waals surface area contributed by atoms with Gasteiger partial charge in [-0.2, -0.15) is 0 Å². The molecule has 2 aromatic carbocycles. The molecule has 4 heteroatoms. The average Bonchev–Trinajstić information content (AvgIpc) is 3.44. The first-order valence-corrected chi connectivity index (χ1v) is 8.45. The van der Waals surface area contributed by atoms with Crippen LogP contribution in [0.3, 0.4) is 0 Å². The standard InChI is InChI=1S/C20H22O4/c21-15-3-1-13(9-17(15)23)11-19(5-6-19)20(7-8-20)12-14-2-4-16(22)18(24)10-14/h1-4,9-10,21-24H,5-8,11-12H2. The summed E-state index contributed by atoms with van der Waals surface area (Å²) in [6.45, 7) is 0. The van der Waals surface area contributed by atoms with Crippen LogP contribution in [0.5, 0.6) is 23.0 Å². The molecular weight excluding hydrogens is 304 g/mol. The van der Waals surface area contributed by atoms with Gasteiger partial charge in [-0.1, -0.05) is 12.1 Å². The molecule has 0 bridgehead atoms. The first-order chi connectivity index (χ1) is 11.4. The van der Waals surface area contributed by atoms with Gasteiger partial charge in [-0.05, 0) is 84.7 Å². The Morgan fingerprint density at radius 1 is 0.583 bits per heavy atom. The maximum atomic E-state index is 9.73. The molecule has 0 atom stereocenters. The van der Waals surface area contributed by atoms with Crippen molar-refractivity contribution in [2.75, 3.05) is 0 Å². The highest BCUT2D eigenvalue weighted by Crippen LogP contribution is 2.72. The molecule has 2 aliphatic carbocycles. The van der Waals surface area contributed by atoms with Gasteiger partial charge < -0.3 is 20.4 Å². The molecule has 0 saturated heterocycles. The van der Waals surface area contributed by atoms with E-state index in [0.717, 1.165) is 24.0 Å². The first-order valence-electron chi connectivity index (χ1n) is 8.45. The molecule has 4 rings (SSSR count). The topological polar surface area (TPSA) is 80.9 Å². The van der Waals surface area contributed by atoms with Gasteiger partial charge >= 0.3 is 0 Å². The van der Waals surface area contributed by atoms with Crippen molar-refractivity contribution in [1.82, 2.24) is 0 Å². The van der Waals surface area contributed by atoms with Crippen LogP contribution in [-0.2, 0) is 12.8 Å². The van der Waals surface area contributed by atoms with Gasteiger partial charge in [0, 0.05) is 0 Å². The van der Waals surface area contributed by atoms with E-state index in [0.29, 0.717) is 0 Å². The highest BCUT2D eigenvalue weighted by atomic mass is 16.3. The quantitative estimate of drug-likeness (QED) is 0.629. The Balaban J connectivity index is 1.55. The van der Waals surface area contributed by atoms with Crippen molar-refractivity contribution in [2.45, 2.75) is 38.5 Å². The number of hydrogen-bond donors (Lipinski definition) is 4. The molecule has 2 saturated carbocycles. The summed E-state index contributed by atoms with van der Waals surface area (Å²) in [5.41, 5.74) is 2.62. The lowest BCUT2D eigenvalue weighted by Crippen LogP contribution is -2.22. The van der Waals surface area contributed by atoms with Gasteiger partial charge in [-0.25, -0.2) is 0 Å². The maximum absolute atomic E-state index is 9.73. The van der Waals surface area contributed by atoms with Gasteiger partial charge in [-0.15, -0.1) is 0 Å². The van der Waals surface area contributed by atoms with Gasteiger partial charge in [0.15, 0.2) is 23.0 Å². The number of rotatable bonds is 5. The highest BCUT2D eigenvalue weighted by molar-refractivity contribution is 5.43. The fourth-order valence-electron chi connectivity index (χ4n) is 4.23. The average molecular weight is 326 g/mol. The molecular formula is C20H22O4. The summed E-state index contributed by atoms with van der Waals surface area (Å²) in [5.74, 6) is -0.276. The number of hydrogen-bond acceptors (Lipinski definition) is 4. The van der Waals surface area contributed by atoms with E-state index in [-0.39, 0.29) is 33.8 Å². The third-order valence-corrected chi connectivity index (χ3v) is 6.00. The molecule has 126 valence electrons. The molecule has 24 heavy (non-hydrogen) atoms. The van der Waals surface area contributed by atoms with Crippen LogP contribution in [0.25, 0.3) is 0 Å². The van der Waals surface area contributed by atoms with Crippen LogP contribution >= 0.6 is 0 Å². The van der Waals surface area contributed by atoms with Crippen molar-refractivity contribution in [3.05, 3.63) is 47.5 Å². The van der Waals surface area contributed by atoms with Crippen molar-refractivity contribution >= 4 is 0 Å². The number of aromatic hydroxyl groups is 4. The Morgan fingerprint density at radius 3 is 1.25 bits per heavy atom. The monoisotopic (exact) mass is 326 g/mol. The summed E-state index contributed by atoms with van der Waals surface area (Å²) in [4.78, 5) is 0. The normalized spacial score (nSPS) is 19.8. The maximum Gasteiger partial charge on any atom is 0.157 e. The van der Waals surface area contributed by atoms with Crippen LogP contribution in [-0.4, -0.2) is 20.4 Å². The molecule has 4 nitrogen and oxygen atoms in total. The summed E-state index contributed by atoms with van der Waals surface area (Å²) in [5, 5.41) is 38.4. The zero-order chi connectivity index (χ0) is 16.9. The number of phenolic OH excluding ortho intramolecular Hbond substituents is 4. The van der Waals surface area contributed by atoms with Gasteiger partial charge in [0.05, 0.1) is 0 Å². The predicted molar refractivity (Wildman–Crippen MR) is 90.3 cm³/mol. The Morgan fingerprint density at radius 2 is 0.958 bits per heavy atom. The summed E-state index contributed by atoms with van der Waals surface area (Å²) in [6, 6.07) is 10.2. The lowest BCUT2D eigenvalue weighted by atomic mass is 9.77. The molecule has 0 radical (unpaired) electrons. The Bertz CT molecular complexity index is 721. The van der Waals surface area contributed by atoms with Crippen molar-refractivity contribution in [3.63, 3.8) is 0 Å². The zero-order valence-corrected chi connectivity index (χ0v) is 13.5.